The van der Waals surface area contributed by atoms with Crippen molar-refractivity contribution in [2.24, 2.45) is 7.05 Å². The quantitative estimate of drug-likeness (QED) is 0.661. The van der Waals surface area contributed by atoms with E-state index in [0.29, 0.717) is 55.7 Å². The molecule has 0 saturated carbocycles. The van der Waals surface area contributed by atoms with Crippen LogP contribution in [-0.2, 0) is 23.6 Å². The zero-order valence-electron chi connectivity index (χ0n) is 17.5. The van der Waals surface area contributed by atoms with Gasteiger partial charge in [0.05, 0.1) is 33.2 Å². The first-order valence-corrected chi connectivity index (χ1v) is 10.8. The molecular formula is C19H28N4O5S. The topological polar surface area (TPSA) is 86.1 Å². The van der Waals surface area contributed by atoms with E-state index in [9.17, 15) is 8.42 Å². The highest BCUT2D eigenvalue weighted by Crippen LogP contribution is 2.40. The van der Waals surface area contributed by atoms with Crippen molar-refractivity contribution >= 4 is 10.0 Å². The molecule has 10 heteroatoms. The third-order valence-electron chi connectivity index (χ3n) is 5.32. The molecule has 1 saturated heterocycles. The van der Waals surface area contributed by atoms with Gasteiger partial charge in [-0.15, -0.1) is 0 Å². The Kier molecular flexibility index (Phi) is 6.35. The van der Waals surface area contributed by atoms with Crippen molar-refractivity contribution in [3.8, 4) is 17.2 Å². The van der Waals surface area contributed by atoms with E-state index in [-0.39, 0.29) is 4.90 Å². The highest BCUT2D eigenvalue weighted by atomic mass is 32.2. The summed E-state index contributed by atoms with van der Waals surface area (Å²) in [6.07, 6.45) is 1.42. The largest absolute Gasteiger partial charge is 0.493 e. The number of aromatic nitrogens is 2. The minimum absolute atomic E-state index is 0.273. The summed E-state index contributed by atoms with van der Waals surface area (Å²) in [5.41, 5.74) is 1.60. The molecule has 0 amide bonds. The number of benzene rings is 1. The SMILES string of the molecule is COc1ccc(CN2CCN(S(=O)(=O)c3cnn(C)c3C)CC2)c(OC)c1OC. The fourth-order valence-electron chi connectivity index (χ4n) is 3.53. The smallest absolute Gasteiger partial charge is 0.246 e. The van der Waals surface area contributed by atoms with Crippen molar-refractivity contribution in [3.05, 3.63) is 29.6 Å². The molecule has 1 aromatic heterocycles. The highest BCUT2D eigenvalue weighted by Gasteiger charge is 2.31. The summed E-state index contributed by atoms with van der Waals surface area (Å²) in [5, 5.41) is 4.06. The van der Waals surface area contributed by atoms with Gasteiger partial charge in [-0.2, -0.15) is 9.40 Å². The predicted molar refractivity (Wildman–Crippen MR) is 108 cm³/mol. The summed E-state index contributed by atoms with van der Waals surface area (Å²) in [4.78, 5) is 2.47. The van der Waals surface area contributed by atoms with Crippen LogP contribution in [0.3, 0.4) is 0 Å². The molecule has 1 aliphatic rings. The molecule has 2 heterocycles. The first kappa shape index (κ1) is 21.4. The van der Waals surface area contributed by atoms with Crippen LogP contribution in [0, 0.1) is 6.92 Å². The van der Waals surface area contributed by atoms with E-state index in [4.69, 9.17) is 14.2 Å². The van der Waals surface area contributed by atoms with Crippen LogP contribution < -0.4 is 14.2 Å². The van der Waals surface area contributed by atoms with Crippen molar-refractivity contribution in [3.63, 3.8) is 0 Å². The average Bonchev–Trinajstić information content (AvgIpc) is 3.07. The summed E-state index contributed by atoms with van der Waals surface area (Å²) in [7, 11) is 2.96. The summed E-state index contributed by atoms with van der Waals surface area (Å²) in [6.45, 7) is 4.48. The number of hydrogen-bond acceptors (Lipinski definition) is 7. The maximum Gasteiger partial charge on any atom is 0.246 e. The normalized spacial score (nSPS) is 16.0. The molecule has 0 N–H and O–H groups in total. The lowest BCUT2D eigenvalue weighted by Gasteiger charge is -2.34. The second kappa shape index (κ2) is 8.60. The number of nitrogens with zero attached hydrogens (tertiary/aromatic N) is 4. The first-order valence-electron chi connectivity index (χ1n) is 9.32. The van der Waals surface area contributed by atoms with Crippen molar-refractivity contribution in [2.75, 3.05) is 47.5 Å². The molecule has 0 bridgehead atoms. The maximum atomic E-state index is 12.9. The summed E-state index contributed by atoms with van der Waals surface area (Å²) >= 11 is 0. The molecule has 0 spiro atoms. The molecule has 9 nitrogen and oxygen atoms in total. The van der Waals surface area contributed by atoms with Gasteiger partial charge in [-0.05, 0) is 13.0 Å². The van der Waals surface area contributed by atoms with Gasteiger partial charge in [0.2, 0.25) is 15.8 Å². The fourth-order valence-corrected chi connectivity index (χ4v) is 5.14. The van der Waals surface area contributed by atoms with Gasteiger partial charge in [0, 0.05) is 45.3 Å². The van der Waals surface area contributed by atoms with Crippen LogP contribution in [0.4, 0.5) is 0 Å². The minimum atomic E-state index is -3.54. The Bertz CT molecular complexity index is 965. The van der Waals surface area contributed by atoms with E-state index in [0.717, 1.165) is 5.56 Å². The van der Waals surface area contributed by atoms with E-state index < -0.39 is 10.0 Å². The molecule has 0 radical (unpaired) electrons. The molecule has 2 aromatic rings. The Labute approximate surface area is 171 Å². The summed E-state index contributed by atoms with van der Waals surface area (Å²) < 4.78 is 45.3. The van der Waals surface area contributed by atoms with E-state index >= 15 is 0 Å². The minimum Gasteiger partial charge on any atom is -0.493 e. The predicted octanol–water partition coefficient (Wildman–Crippen LogP) is 1.26. The first-order chi connectivity index (χ1) is 13.8. The van der Waals surface area contributed by atoms with Gasteiger partial charge in [-0.25, -0.2) is 8.42 Å². The monoisotopic (exact) mass is 424 g/mol. The van der Waals surface area contributed by atoms with Gasteiger partial charge in [-0.1, -0.05) is 6.07 Å². The van der Waals surface area contributed by atoms with Gasteiger partial charge in [-0.3, -0.25) is 9.58 Å². The van der Waals surface area contributed by atoms with Crippen LogP contribution in [0.2, 0.25) is 0 Å². The number of rotatable bonds is 7. The highest BCUT2D eigenvalue weighted by molar-refractivity contribution is 7.89. The number of piperazine rings is 1. The third kappa shape index (κ3) is 4.05. The van der Waals surface area contributed by atoms with Crippen molar-refractivity contribution in [1.29, 1.82) is 0 Å². The Morgan fingerprint density at radius 1 is 1.00 bits per heavy atom. The Balaban J connectivity index is 1.71. The van der Waals surface area contributed by atoms with Crippen molar-refractivity contribution < 1.29 is 22.6 Å². The lowest BCUT2D eigenvalue weighted by molar-refractivity contribution is 0.179. The van der Waals surface area contributed by atoms with E-state index in [1.807, 2.05) is 12.1 Å². The Morgan fingerprint density at radius 2 is 1.66 bits per heavy atom. The number of sulfonamides is 1. The molecule has 0 atom stereocenters. The molecule has 160 valence electrons. The molecule has 0 aliphatic carbocycles. The molecule has 29 heavy (non-hydrogen) atoms. The summed E-state index contributed by atoms with van der Waals surface area (Å²) in [5.74, 6) is 1.80. The lowest BCUT2D eigenvalue weighted by Crippen LogP contribution is -2.48. The molecule has 0 unspecified atom stereocenters. The Morgan fingerprint density at radius 3 is 2.17 bits per heavy atom. The van der Waals surface area contributed by atoms with Crippen molar-refractivity contribution in [2.45, 2.75) is 18.4 Å². The number of methoxy groups -OCH3 is 3. The molecule has 1 aromatic carbocycles. The Hall–Kier alpha value is -2.30. The zero-order valence-corrected chi connectivity index (χ0v) is 18.3. The second-order valence-corrected chi connectivity index (χ2v) is 8.80. The second-order valence-electron chi connectivity index (χ2n) is 6.89. The number of hydrogen-bond donors (Lipinski definition) is 0. The maximum absolute atomic E-state index is 12.9. The van der Waals surface area contributed by atoms with Gasteiger partial charge in [0.25, 0.3) is 0 Å². The molecular weight excluding hydrogens is 396 g/mol. The third-order valence-corrected chi connectivity index (χ3v) is 7.32. The van der Waals surface area contributed by atoms with E-state index in [1.165, 1.54) is 10.5 Å². The van der Waals surface area contributed by atoms with Gasteiger partial charge < -0.3 is 14.2 Å². The fraction of sp³-hybridized carbons (Fsp3) is 0.526. The van der Waals surface area contributed by atoms with Crippen molar-refractivity contribution in [1.82, 2.24) is 19.0 Å². The zero-order chi connectivity index (χ0) is 21.2. The average molecular weight is 425 g/mol. The number of aryl methyl sites for hydroxylation is 1. The molecule has 1 aliphatic heterocycles. The van der Waals surface area contributed by atoms with E-state index in [1.54, 1.807) is 40.0 Å². The van der Waals surface area contributed by atoms with Crippen LogP contribution in [0.25, 0.3) is 0 Å². The van der Waals surface area contributed by atoms with Crippen LogP contribution in [0.1, 0.15) is 11.3 Å². The van der Waals surface area contributed by atoms with Gasteiger partial charge >= 0.3 is 0 Å². The summed E-state index contributed by atoms with van der Waals surface area (Å²) in [6, 6.07) is 3.80. The molecule has 3 rings (SSSR count). The van der Waals surface area contributed by atoms with Gasteiger partial charge in [0.15, 0.2) is 11.5 Å². The van der Waals surface area contributed by atoms with Crippen LogP contribution in [0.15, 0.2) is 23.2 Å². The number of ether oxygens (including phenoxy) is 3. The van der Waals surface area contributed by atoms with Gasteiger partial charge in [0.1, 0.15) is 4.90 Å². The van der Waals surface area contributed by atoms with E-state index in [2.05, 4.69) is 10.00 Å². The lowest BCUT2D eigenvalue weighted by atomic mass is 10.1. The van der Waals surface area contributed by atoms with Crippen LogP contribution in [0.5, 0.6) is 17.2 Å². The molecule has 1 fully saturated rings. The van der Waals surface area contributed by atoms with Crippen LogP contribution in [-0.4, -0.2) is 74.9 Å². The standard InChI is InChI=1S/C19H28N4O5S/c1-14-17(12-20-21(14)2)29(24,25)23-10-8-22(9-11-23)13-15-6-7-16(26-3)19(28-5)18(15)27-4/h6-7,12H,8-11,13H2,1-5H3. The van der Waals surface area contributed by atoms with Crippen LogP contribution >= 0.6 is 0 Å².